The molecule has 0 N–H and O–H groups in total. The van der Waals surface area contributed by atoms with Gasteiger partial charge in [0.15, 0.2) is 0 Å². The van der Waals surface area contributed by atoms with Crippen molar-refractivity contribution >= 4 is 5.97 Å². The maximum Gasteiger partial charge on any atom is 0.316 e. The number of allylic oxidation sites excluding steroid dienone is 3. The molecule has 0 fully saturated rings. The van der Waals surface area contributed by atoms with Gasteiger partial charge in [0.2, 0.25) is 0 Å². The molecule has 0 aromatic heterocycles. The summed E-state index contributed by atoms with van der Waals surface area (Å²) in [6, 6.07) is 2.13. The van der Waals surface area contributed by atoms with Crippen molar-refractivity contribution in [1.82, 2.24) is 0 Å². The first-order valence-corrected chi connectivity index (χ1v) is 5.61. The minimum Gasteiger partial charge on any atom is -0.465 e. The first-order valence-electron chi connectivity index (χ1n) is 5.61. The first kappa shape index (κ1) is 12.5. The van der Waals surface area contributed by atoms with E-state index in [0.29, 0.717) is 19.4 Å². The molecule has 1 aliphatic rings. The van der Waals surface area contributed by atoms with Crippen LogP contribution >= 0.6 is 0 Å². The lowest BCUT2D eigenvalue weighted by Crippen LogP contribution is -2.38. The Balaban J connectivity index is 2.99. The zero-order valence-corrected chi connectivity index (χ0v) is 9.77. The van der Waals surface area contributed by atoms with Gasteiger partial charge in [0, 0.05) is 12.3 Å². The van der Waals surface area contributed by atoms with Gasteiger partial charge in [0.05, 0.1) is 18.1 Å². The van der Waals surface area contributed by atoms with Crippen LogP contribution in [0.2, 0.25) is 0 Å². The number of nitriles is 1. The molecule has 1 rings (SSSR count). The highest BCUT2D eigenvalue weighted by Crippen LogP contribution is 2.40. The minimum absolute atomic E-state index is 0.0773. The summed E-state index contributed by atoms with van der Waals surface area (Å²) in [6.45, 7) is 4.12. The molecule has 0 aromatic rings. The minimum atomic E-state index is -0.652. The van der Waals surface area contributed by atoms with Crippen molar-refractivity contribution in [3.8, 4) is 6.07 Å². The van der Waals surface area contributed by atoms with Gasteiger partial charge in [-0.15, -0.1) is 0 Å². The highest BCUT2D eigenvalue weighted by molar-refractivity contribution is 5.80. The summed E-state index contributed by atoms with van der Waals surface area (Å²) in [5.41, 5.74) is -0.652. The molecule has 0 bridgehead atoms. The normalized spacial score (nSPS) is 27.4. The largest absolute Gasteiger partial charge is 0.465 e. The summed E-state index contributed by atoms with van der Waals surface area (Å²) in [6.07, 6.45) is 8.52. The standard InChI is InChI=1S/C13H17NO2/c1-3-13(12(15)16-4-2)9-6-5-7-11(13)8-10-14/h5-7,9,11H,3-4,8H2,1-2H3/t11-,13-/m1/s1. The third kappa shape index (κ3) is 2.16. The van der Waals surface area contributed by atoms with E-state index in [4.69, 9.17) is 10.00 Å². The van der Waals surface area contributed by atoms with Crippen LogP contribution in [0.4, 0.5) is 0 Å². The Kier molecular flexibility index (Phi) is 4.30. The first-order chi connectivity index (χ1) is 7.71. The second-order valence-electron chi connectivity index (χ2n) is 3.83. The molecule has 0 saturated heterocycles. The molecule has 0 saturated carbocycles. The second kappa shape index (κ2) is 5.50. The molecule has 3 nitrogen and oxygen atoms in total. The second-order valence-corrected chi connectivity index (χ2v) is 3.83. The molecule has 0 heterocycles. The zero-order valence-electron chi connectivity index (χ0n) is 9.77. The summed E-state index contributed by atoms with van der Waals surface area (Å²) in [4.78, 5) is 12.0. The molecular weight excluding hydrogens is 202 g/mol. The third-order valence-corrected chi connectivity index (χ3v) is 3.06. The van der Waals surface area contributed by atoms with Crippen LogP contribution in [0.1, 0.15) is 26.7 Å². The van der Waals surface area contributed by atoms with Crippen molar-refractivity contribution in [2.24, 2.45) is 11.3 Å². The van der Waals surface area contributed by atoms with Crippen molar-refractivity contribution in [3.63, 3.8) is 0 Å². The summed E-state index contributed by atoms with van der Waals surface area (Å²) < 4.78 is 5.12. The Labute approximate surface area is 96.4 Å². The molecule has 0 unspecified atom stereocenters. The lowest BCUT2D eigenvalue weighted by molar-refractivity contribution is -0.154. The molecule has 1 aliphatic carbocycles. The van der Waals surface area contributed by atoms with Crippen LogP contribution in [0.3, 0.4) is 0 Å². The Morgan fingerprint density at radius 2 is 2.25 bits per heavy atom. The number of carbonyl (C=O) groups is 1. The lowest BCUT2D eigenvalue weighted by Gasteiger charge is -2.34. The molecule has 0 radical (unpaired) electrons. The summed E-state index contributed by atoms with van der Waals surface area (Å²) >= 11 is 0. The fourth-order valence-corrected chi connectivity index (χ4v) is 2.08. The van der Waals surface area contributed by atoms with E-state index in [9.17, 15) is 4.79 Å². The average molecular weight is 219 g/mol. The lowest BCUT2D eigenvalue weighted by atomic mass is 9.69. The summed E-state index contributed by atoms with van der Waals surface area (Å²) in [7, 11) is 0. The number of esters is 1. The monoisotopic (exact) mass is 219 g/mol. The highest BCUT2D eigenvalue weighted by atomic mass is 16.5. The summed E-state index contributed by atoms with van der Waals surface area (Å²) in [5, 5.41) is 8.80. The van der Waals surface area contributed by atoms with E-state index in [-0.39, 0.29) is 11.9 Å². The van der Waals surface area contributed by atoms with Crippen LogP contribution in [-0.4, -0.2) is 12.6 Å². The number of carbonyl (C=O) groups excluding carboxylic acids is 1. The predicted octanol–water partition coefficient (Wildman–Crippen LogP) is 2.60. The van der Waals surface area contributed by atoms with Gasteiger partial charge in [-0.2, -0.15) is 5.26 Å². The van der Waals surface area contributed by atoms with Crippen LogP contribution in [0.15, 0.2) is 24.3 Å². The van der Waals surface area contributed by atoms with Crippen LogP contribution in [0.25, 0.3) is 0 Å². The molecule has 0 spiro atoms. The average Bonchev–Trinajstić information content (AvgIpc) is 2.30. The number of rotatable bonds is 4. The van der Waals surface area contributed by atoms with Crippen molar-refractivity contribution < 1.29 is 9.53 Å². The Morgan fingerprint density at radius 1 is 1.50 bits per heavy atom. The number of hydrogen-bond donors (Lipinski definition) is 0. The molecule has 0 aliphatic heterocycles. The van der Waals surface area contributed by atoms with E-state index in [0.717, 1.165) is 0 Å². The fraction of sp³-hybridized carbons (Fsp3) is 0.538. The maximum absolute atomic E-state index is 12.0. The van der Waals surface area contributed by atoms with Gasteiger partial charge in [0.25, 0.3) is 0 Å². The van der Waals surface area contributed by atoms with E-state index < -0.39 is 5.41 Å². The molecular formula is C13H17NO2. The Bertz CT molecular complexity index is 351. The zero-order chi connectivity index (χ0) is 12.0. The van der Waals surface area contributed by atoms with E-state index in [1.165, 1.54) is 0 Å². The molecule has 0 amide bonds. The maximum atomic E-state index is 12.0. The van der Waals surface area contributed by atoms with Gasteiger partial charge in [-0.1, -0.05) is 31.2 Å². The number of ether oxygens (including phenoxy) is 1. The smallest absolute Gasteiger partial charge is 0.316 e. The van der Waals surface area contributed by atoms with E-state index in [1.807, 2.05) is 31.2 Å². The van der Waals surface area contributed by atoms with E-state index in [2.05, 4.69) is 6.07 Å². The van der Waals surface area contributed by atoms with Crippen LogP contribution in [0, 0.1) is 22.7 Å². The van der Waals surface area contributed by atoms with Crippen LogP contribution in [-0.2, 0) is 9.53 Å². The van der Waals surface area contributed by atoms with Crippen LogP contribution < -0.4 is 0 Å². The Morgan fingerprint density at radius 3 is 2.81 bits per heavy atom. The number of nitrogens with zero attached hydrogens (tertiary/aromatic N) is 1. The molecule has 2 atom stereocenters. The van der Waals surface area contributed by atoms with Crippen LogP contribution in [0.5, 0.6) is 0 Å². The summed E-state index contributed by atoms with van der Waals surface area (Å²) in [5.74, 6) is -0.301. The number of hydrogen-bond acceptors (Lipinski definition) is 3. The van der Waals surface area contributed by atoms with Gasteiger partial charge < -0.3 is 4.74 Å². The van der Waals surface area contributed by atoms with Gasteiger partial charge in [-0.05, 0) is 13.3 Å². The molecule has 86 valence electrons. The van der Waals surface area contributed by atoms with Gasteiger partial charge in [-0.25, -0.2) is 0 Å². The van der Waals surface area contributed by atoms with Gasteiger partial charge >= 0.3 is 5.97 Å². The molecule has 0 aromatic carbocycles. The third-order valence-electron chi connectivity index (χ3n) is 3.06. The van der Waals surface area contributed by atoms with E-state index in [1.54, 1.807) is 6.92 Å². The molecule has 16 heavy (non-hydrogen) atoms. The quantitative estimate of drug-likeness (QED) is 0.683. The van der Waals surface area contributed by atoms with E-state index >= 15 is 0 Å². The van der Waals surface area contributed by atoms with Gasteiger partial charge in [-0.3, -0.25) is 4.79 Å². The topological polar surface area (TPSA) is 50.1 Å². The van der Waals surface area contributed by atoms with Gasteiger partial charge in [0.1, 0.15) is 0 Å². The van der Waals surface area contributed by atoms with Crippen molar-refractivity contribution in [2.45, 2.75) is 26.7 Å². The Hall–Kier alpha value is -1.56. The molecule has 3 heteroatoms. The van der Waals surface area contributed by atoms with Crippen molar-refractivity contribution in [2.75, 3.05) is 6.61 Å². The SMILES string of the molecule is CCOC(=O)[C@]1(CC)C=CC=C[C@@H]1CC#N. The fourth-order valence-electron chi connectivity index (χ4n) is 2.08. The van der Waals surface area contributed by atoms with Crippen molar-refractivity contribution in [3.05, 3.63) is 24.3 Å². The van der Waals surface area contributed by atoms with Crippen molar-refractivity contribution in [1.29, 1.82) is 5.26 Å². The highest BCUT2D eigenvalue weighted by Gasteiger charge is 2.42. The predicted molar refractivity (Wildman–Crippen MR) is 61.4 cm³/mol.